The highest BCUT2D eigenvalue weighted by Crippen LogP contribution is 2.33. The molecule has 0 saturated carbocycles. The molecule has 1 aliphatic rings. The van der Waals surface area contributed by atoms with Gasteiger partial charge in [0.15, 0.2) is 5.65 Å². The molecule has 1 aliphatic heterocycles. The number of hydrogen-bond acceptors (Lipinski definition) is 6. The molecule has 0 spiro atoms. The van der Waals surface area contributed by atoms with Crippen LogP contribution in [0.15, 0.2) is 54.9 Å². The highest BCUT2D eigenvalue weighted by molar-refractivity contribution is 5.98. The van der Waals surface area contributed by atoms with Crippen molar-refractivity contribution in [1.82, 2.24) is 30.4 Å². The Morgan fingerprint density at radius 2 is 1.86 bits per heavy atom. The molecular formula is C25H24F3N7O. The number of halogens is 3. The molecule has 4 N–H and O–H groups in total. The first kappa shape index (κ1) is 23.7. The molecular weight excluding hydrogens is 471 g/mol. The minimum atomic E-state index is -4.44. The van der Waals surface area contributed by atoms with Gasteiger partial charge in [-0.3, -0.25) is 4.79 Å². The van der Waals surface area contributed by atoms with Crippen LogP contribution in [0.25, 0.3) is 22.3 Å². The first-order valence-electron chi connectivity index (χ1n) is 11.6. The number of fused-ring (bicyclic) bond motifs is 1. The molecule has 0 aliphatic carbocycles. The van der Waals surface area contributed by atoms with Crippen LogP contribution >= 0.6 is 0 Å². The van der Waals surface area contributed by atoms with E-state index in [1.165, 1.54) is 6.33 Å². The Morgan fingerprint density at radius 3 is 2.53 bits per heavy atom. The summed E-state index contributed by atoms with van der Waals surface area (Å²) in [5.41, 5.74) is 8.61. The number of nitrogen functional groups attached to an aromatic ring is 1. The standard InChI is InChI=1S/C25H24F3N7O/c26-25(27,28)18-9-7-17(8-10-18)24(36)31-12-15-3-5-16(6-4-15)21-20-22(29)32-14-33-23(20)35(34-21)19-2-1-11-30-13-19/h3-10,14,19,30H,1-2,11-13H2,(H,31,36)(H2,29,32,33)/t19-/m1/s1. The van der Waals surface area contributed by atoms with E-state index < -0.39 is 17.6 Å². The summed E-state index contributed by atoms with van der Waals surface area (Å²) in [6, 6.07) is 11.8. The van der Waals surface area contributed by atoms with Crippen molar-refractivity contribution in [3.8, 4) is 11.3 Å². The molecule has 1 amide bonds. The Hall–Kier alpha value is -3.99. The Kier molecular flexibility index (Phi) is 6.31. The summed E-state index contributed by atoms with van der Waals surface area (Å²) < 4.78 is 40.1. The Morgan fingerprint density at radius 1 is 1.11 bits per heavy atom. The number of carbonyl (C=O) groups excluding carboxylic acids is 1. The van der Waals surface area contributed by atoms with Gasteiger partial charge in [0.2, 0.25) is 0 Å². The average molecular weight is 496 g/mol. The predicted molar refractivity (Wildman–Crippen MR) is 129 cm³/mol. The van der Waals surface area contributed by atoms with Crippen LogP contribution in [0.4, 0.5) is 19.0 Å². The van der Waals surface area contributed by atoms with Gasteiger partial charge in [0.25, 0.3) is 5.91 Å². The zero-order valence-electron chi connectivity index (χ0n) is 19.2. The predicted octanol–water partition coefficient (Wildman–Crippen LogP) is 3.95. The van der Waals surface area contributed by atoms with Crippen molar-refractivity contribution in [3.05, 3.63) is 71.5 Å². The van der Waals surface area contributed by atoms with E-state index in [0.717, 1.165) is 61.3 Å². The number of carbonyl (C=O) groups is 1. The Bertz CT molecular complexity index is 1380. The van der Waals surface area contributed by atoms with E-state index in [1.54, 1.807) is 0 Å². The lowest BCUT2D eigenvalue weighted by atomic mass is 10.1. The third-order valence-corrected chi connectivity index (χ3v) is 6.29. The van der Waals surface area contributed by atoms with Crippen LogP contribution in [0.2, 0.25) is 0 Å². The number of piperidine rings is 1. The summed E-state index contributed by atoms with van der Waals surface area (Å²) in [6.07, 6.45) is -0.959. The highest BCUT2D eigenvalue weighted by Gasteiger charge is 2.30. The second-order valence-corrected chi connectivity index (χ2v) is 8.71. The lowest BCUT2D eigenvalue weighted by Crippen LogP contribution is -2.32. The van der Waals surface area contributed by atoms with Crippen LogP contribution in [-0.2, 0) is 12.7 Å². The van der Waals surface area contributed by atoms with Gasteiger partial charge in [0, 0.05) is 24.2 Å². The molecule has 11 heteroatoms. The van der Waals surface area contributed by atoms with Gasteiger partial charge >= 0.3 is 6.18 Å². The lowest BCUT2D eigenvalue weighted by molar-refractivity contribution is -0.137. The average Bonchev–Trinajstić information content (AvgIpc) is 3.29. The molecule has 1 fully saturated rings. The molecule has 1 saturated heterocycles. The summed E-state index contributed by atoms with van der Waals surface area (Å²) in [7, 11) is 0. The van der Waals surface area contributed by atoms with Crippen molar-refractivity contribution in [2.45, 2.75) is 31.6 Å². The number of alkyl halides is 3. The summed E-state index contributed by atoms with van der Waals surface area (Å²) in [5.74, 6) is -0.0959. The maximum atomic E-state index is 12.7. The summed E-state index contributed by atoms with van der Waals surface area (Å²) in [4.78, 5) is 21.0. The van der Waals surface area contributed by atoms with E-state index in [9.17, 15) is 18.0 Å². The zero-order chi connectivity index (χ0) is 25.3. The van der Waals surface area contributed by atoms with E-state index in [-0.39, 0.29) is 18.2 Å². The van der Waals surface area contributed by atoms with Gasteiger partial charge in [-0.1, -0.05) is 24.3 Å². The fourth-order valence-electron chi connectivity index (χ4n) is 4.37. The summed E-state index contributed by atoms with van der Waals surface area (Å²) in [6.45, 7) is 2.00. The molecule has 36 heavy (non-hydrogen) atoms. The smallest absolute Gasteiger partial charge is 0.383 e. The first-order valence-corrected chi connectivity index (χ1v) is 11.6. The van der Waals surface area contributed by atoms with Gasteiger partial charge in [-0.25, -0.2) is 14.6 Å². The number of amides is 1. The lowest BCUT2D eigenvalue weighted by Gasteiger charge is -2.23. The number of rotatable bonds is 5. The number of benzene rings is 2. The monoisotopic (exact) mass is 495 g/mol. The quantitative estimate of drug-likeness (QED) is 0.387. The zero-order valence-corrected chi connectivity index (χ0v) is 19.2. The largest absolute Gasteiger partial charge is 0.416 e. The number of anilines is 1. The molecule has 8 nitrogen and oxygen atoms in total. The molecule has 186 valence electrons. The van der Waals surface area contributed by atoms with Gasteiger partial charge in [0.1, 0.15) is 17.8 Å². The third-order valence-electron chi connectivity index (χ3n) is 6.29. The second kappa shape index (κ2) is 9.57. The first-order chi connectivity index (χ1) is 17.3. The van der Waals surface area contributed by atoms with E-state index >= 15 is 0 Å². The van der Waals surface area contributed by atoms with Gasteiger partial charge in [-0.15, -0.1) is 0 Å². The molecule has 0 unspecified atom stereocenters. The third kappa shape index (κ3) is 4.74. The van der Waals surface area contributed by atoms with Crippen LogP contribution in [-0.4, -0.2) is 38.7 Å². The van der Waals surface area contributed by atoms with Crippen molar-refractivity contribution in [1.29, 1.82) is 0 Å². The maximum Gasteiger partial charge on any atom is 0.416 e. The molecule has 3 heterocycles. The van der Waals surface area contributed by atoms with Crippen LogP contribution in [0, 0.1) is 0 Å². The number of hydrogen-bond donors (Lipinski definition) is 3. The van der Waals surface area contributed by atoms with Crippen molar-refractivity contribution >= 4 is 22.8 Å². The van der Waals surface area contributed by atoms with Crippen molar-refractivity contribution in [3.63, 3.8) is 0 Å². The van der Waals surface area contributed by atoms with Crippen LogP contribution < -0.4 is 16.4 Å². The minimum Gasteiger partial charge on any atom is -0.383 e. The van der Waals surface area contributed by atoms with Gasteiger partial charge < -0.3 is 16.4 Å². The number of nitrogens with two attached hydrogens (primary N) is 1. The maximum absolute atomic E-state index is 12.7. The van der Waals surface area contributed by atoms with Crippen molar-refractivity contribution < 1.29 is 18.0 Å². The van der Waals surface area contributed by atoms with Crippen LogP contribution in [0.1, 0.15) is 40.4 Å². The molecule has 1 atom stereocenters. The Labute approximate surface area is 204 Å². The topological polar surface area (TPSA) is 111 Å². The van der Waals surface area contributed by atoms with E-state index in [4.69, 9.17) is 10.8 Å². The molecule has 0 radical (unpaired) electrons. The highest BCUT2D eigenvalue weighted by atomic mass is 19.4. The summed E-state index contributed by atoms with van der Waals surface area (Å²) >= 11 is 0. The summed E-state index contributed by atoms with van der Waals surface area (Å²) in [5, 5.41) is 11.7. The van der Waals surface area contributed by atoms with E-state index in [0.29, 0.717) is 22.5 Å². The van der Waals surface area contributed by atoms with Gasteiger partial charge in [-0.2, -0.15) is 18.3 Å². The minimum absolute atomic E-state index is 0.157. The fourth-order valence-corrected chi connectivity index (χ4v) is 4.37. The molecule has 2 aromatic carbocycles. The molecule has 0 bridgehead atoms. The molecule has 5 rings (SSSR count). The van der Waals surface area contributed by atoms with E-state index in [1.807, 2.05) is 28.9 Å². The van der Waals surface area contributed by atoms with E-state index in [2.05, 4.69) is 20.6 Å². The number of nitrogens with zero attached hydrogens (tertiary/aromatic N) is 4. The SMILES string of the molecule is Nc1ncnc2c1c(-c1ccc(CNC(=O)c3ccc(C(F)(F)F)cc3)cc1)nn2[C@@H]1CCCNC1. The van der Waals surface area contributed by atoms with Crippen LogP contribution in [0.5, 0.6) is 0 Å². The number of nitrogens with one attached hydrogen (secondary N) is 2. The normalized spacial score (nSPS) is 16.2. The van der Waals surface area contributed by atoms with Crippen molar-refractivity contribution in [2.24, 2.45) is 0 Å². The second-order valence-electron chi connectivity index (χ2n) is 8.71. The molecule has 4 aromatic rings. The molecule has 2 aromatic heterocycles. The van der Waals surface area contributed by atoms with Gasteiger partial charge in [-0.05, 0) is 49.2 Å². The van der Waals surface area contributed by atoms with Gasteiger partial charge in [0.05, 0.1) is 17.0 Å². The Balaban J connectivity index is 1.33. The fraction of sp³-hybridized carbons (Fsp3) is 0.280. The van der Waals surface area contributed by atoms with Crippen LogP contribution in [0.3, 0.4) is 0 Å². The van der Waals surface area contributed by atoms with Crippen molar-refractivity contribution in [2.75, 3.05) is 18.8 Å². The number of aromatic nitrogens is 4.